The molecule has 3 aliphatic carbocycles. The molecule has 0 aliphatic heterocycles. The molecule has 0 radical (unpaired) electrons. The molecule has 0 amide bonds. The van der Waals surface area contributed by atoms with Gasteiger partial charge in [0.1, 0.15) is 0 Å². The lowest BCUT2D eigenvalue weighted by Gasteiger charge is -2.29. The highest BCUT2D eigenvalue weighted by Gasteiger charge is 2.35. The van der Waals surface area contributed by atoms with E-state index >= 15 is 0 Å². The molecule has 49 heavy (non-hydrogen) atoms. The first-order valence-corrected chi connectivity index (χ1v) is 17.5. The summed E-state index contributed by atoms with van der Waals surface area (Å²) in [6, 6.07) is 50.1. The van der Waals surface area contributed by atoms with Gasteiger partial charge in [-0.25, -0.2) is 0 Å². The number of hydrogen-bond donors (Lipinski definition) is 0. The summed E-state index contributed by atoms with van der Waals surface area (Å²) in [7, 11) is 0. The Hall–Kier alpha value is -5.72. The molecule has 3 aliphatic rings. The maximum atomic E-state index is 2.44. The first kappa shape index (κ1) is 28.3. The molecule has 2 unspecified atom stereocenters. The van der Waals surface area contributed by atoms with E-state index in [4.69, 9.17) is 0 Å². The fourth-order valence-electron chi connectivity index (χ4n) is 8.98. The zero-order valence-corrected chi connectivity index (χ0v) is 27.8. The van der Waals surface area contributed by atoms with Crippen LogP contribution in [-0.2, 0) is 5.41 Å². The maximum absolute atomic E-state index is 2.44. The molecule has 0 N–H and O–H groups in total. The summed E-state index contributed by atoms with van der Waals surface area (Å²) in [5.41, 5.74) is 15.9. The van der Waals surface area contributed by atoms with Crippen LogP contribution in [0.4, 0.5) is 0 Å². The van der Waals surface area contributed by atoms with E-state index in [0.29, 0.717) is 11.8 Å². The highest BCUT2D eigenvalue weighted by Crippen LogP contribution is 2.50. The second kappa shape index (κ2) is 10.6. The molecule has 7 aromatic rings. The Morgan fingerprint density at radius 3 is 1.73 bits per heavy atom. The van der Waals surface area contributed by atoms with Crippen molar-refractivity contribution in [2.45, 2.75) is 25.2 Å². The topological polar surface area (TPSA) is 0 Å². The molecule has 0 bridgehead atoms. The third kappa shape index (κ3) is 4.23. The lowest BCUT2D eigenvalue weighted by molar-refractivity contribution is 0.660. The average molecular weight is 625 g/mol. The van der Waals surface area contributed by atoms with Gasteiger partial charge in [-0.1, -0.05) is 172 Å². The molecule has 0 aromatic heterocycles. The zero-order valence-electron chi connectivity index (χ0n) is 27.8. The molecule has 2 atom stereocenters. The van der Waals surface area contributed by atoms with E-state index in [0.717, 1.165) is 0 Å². The second-order valence-corrected chi connectivity index (χ2v) is 14.4. The molecule has 0 nitrogen and oxygen atoms in total. The highest BCUT2D eigenvalue weighted by molar-refractivity contribution is 6.06. The van der Waals surface area contributed by atoms with Crippen molar-refractivity contribution in [1.82, 2.24) is 0 Å². The summed E-state index contributed by atoms with van der Waals surface area (Å²) in [6.45, 7) is 4.72. The van der Waals surface area contributed by atoms with Gasteiger partial charge in [0.05, 0.1) is 0 Å². The first-order chi connectivity index (χ1) is 24.1. The Morgan fingerprint density at radius 1 is 0.429 bits per heavy atom. The third-order valence-electron chi connectivity index (χ3n) is 11.5. The van der Waals surface area contributed by atoms with Gasteiger partial charge in [0, 0.05) is 17.3 Å². The van der Waals surface area contributed by atoms with Gasteiger partial charge in [0.2, 0.25) is 0 Å². The van der Waals surface area contributed by atoms with E-state index in [1.54, 1.807) is 0 Å². The molecule has 0 fully saturated rings. The van der Waals surface area contributed by atoms with E-state index in [-0.39, 0.29) is 5.41 Å². The molecule has 232 valence electrons. The summed E-state index contributed by atoms with van der Waals surface area (Å²) < 4.78 is 0. The van der Waals surface area contributed by atoms with Gasteiger partial charge in [0.25, 0.3) is 0 Å². The van der Waals surface area contributed by atoms with Crippen LogP contribution in [0.15, 0.2) is 164 Å². The number of fused-ring (bicyclic) bond motifs is 9. The van der Waals surface area contributed by atoms with Crippen molar-refractivity contribution in [3.63, 3.8) is 0 Å². The summed E-state index contributed by atoms with van der Waals surface area (Å²) in [5, 5.41) is 5.25. The molecule has 0 saturated carbocycles. The van der Waals surface area contributed by atoms with Crippen LogP contribution in [0.25, 0.3) is 72.1 Å². The Bertz CT molecular complexity index is 2570. The van der Waals surface area contributed by atoms with E-state index in [1.807, 2.05) is 0 Å². The van der Waals surface area contributed by atoms with Crippen LogP contribution < -0.4 is 0 Å². The van der Waals surface area contributed by atoms with Crippen molar-refractivity contribution in [3.8, 4) is 44.5 Å². The zero-order chi connectivity index (χ0) is 32.7. The molecular formula is C49H36. The fraction of sp³-hybridized carbons (Fsp3) is 0.102. The normalized spacial score (nSPS) is 17.9. The van der Waals surface area contributed by atoms with Crippen LogP contribution >= 0.6 is 0 Å². The maximum Gasteiger partial charge on any atom is 0.0159 e. The van der Waals surface area contributed by atoms with Crippen LogP contribution in [0, 0.1) is 5.92 Å². The molecule has 10 rings (SSSR count). The second-order valence-electron chi connectivity index (χ2n) is 14.4. The van der Waals surface area contributed by atoms with Crippen LogP contribution in [0.3, 0.4) is 0 Å². The minimum atomic E-state index is -0.0220. The number of benzene rings is 7. The minimum absolute atomic E-state index is 0.0220. The Labute approximate surface area is 288 Å². The number of hydrogen-bond acceptors (Lipinski definition) is 0. The van der Waals surface area contributed by atoms with Crippen LogP contribution in [0.1, 0.15) is 42.0 Å². The smallest absolute Gasteiger partial charge is 0.0159 e. The largest absolute Gasteiger partial charge is 0.0767 e. The number of allylic oxidation sites excluding steroid dienone is 5. The first-order valence-electron chi connectivity index (χ1n) is 17.5. The van der Waals surface area contributed by atoms with Gasteiger partial charge in [-0.05, 0) is 100 Å². The minimum Gasteiger partial charge on any atom is -0.0767 e. The van der Waals surface area contributed by atoms with Crippen molar-refractivity contribution in [2.75, 3.05) is 0 Å². The van der Waals surface area contributed by atoms with Crippen molar-refractivity contribution in [1.29, 1.82) is 0 Å². The van der Waals surface area contributed by atoms with Crippen molar-refractivity contribution in [3.05, 3.63) is 186 Å². The highest BCUT2D eigenvalue weighted by atomic mass is 14.4. The van der Waals surface area contributed by atoms with Gasteiger partial charge in [-0.15, -0.1) is 0 Å². The van der Waals surface area contributed by atoms with Crippen LogP contribution in [0.5, 0.6) is 0 Å². The summed E-state index contributed by atoms with van der Waals surface area (Å²) in [4.78, 5) is 0. The quantitative estimate of drug-likeness (QED) is 0.183. The molecule has 0 heteroatoms. The predicted octanol–water partition coefficient (Wildman–Crippen LogP) is 13.2. The van der Waals surface area contributed by atoms with Crippen LogP contribution in [-0.4, -0.2) is 0 Å². The molecular weight excluding hydrogens is 589 g/mol. The Balaban J connectivity index is 1.05. The van der Waals surface area contributed by atoms with Crippen molar-refractivity contribution >= 4 is 27.6 Å². The predicted molar refractivity (Wildman–Crippen MR) is 209 cm³/mol. The third-order valence-corrected chi connectivity index (χ3v) is 11.5. The van der Waals surface area contributed by atoms with Gasteiger partial charge < -0.3 is 0 Å². The Kier molecular flexibility index (Phi) is 6.15. The standard InChI is InChI=1S/C49H36/c1-49(2)46-18-10-9-16-42(46)43-26-25-34(30-47(43)49)37-28-27-36(39-13-5-6-14-40(37)39)32-19-21-33(22-20-32)45-29-35-24-23-31-11-3-4-12-38(31)48(35)44-17-8-7-15-41(44)45/h3-31,38H,1-2H3. The summed E-state index contributed by atoms with van der Waals surface area (Å²) in [6.07, 6.45) is 13.8. The molecule has 0 spiro atoms. The van der Waals surface area contributed by atoms with Crippen LogP contribution in [0.2, 0.25) is 0 Å². The molecule has 7 aromatic carbocycles. The van der Waals surface area contributed by atoms with E-state index < -0.39 is 0 Å². The number of rotatable bonds is 3. The fourth-order valence-corrected chi connectivity index (χ4v) is 8.98. The lowest BCUT2D eigenvalue weighted by Crippen LogP contribution is -2.14. The van der Waals surface area contributed by atoms with Crippen molar-refractivity contribution < 1.29 is 0 Å². The van der Waals surface area contributed by atoms with Gasteiger partial charge in [-0.2, -0.15) is 0 Å². The molecule has 0 heterocycles. The summed E-state index contributed by atoms with van der Waals surface area (Å²) in [5.74, 6) is 0.820. The van der Waals surface area contributed by atoms with Gasteiger partial charge in [0.15, 0.2) is 0 Å². The molecule has 0 saturated heterocycles. The monoisotopic (exact) mass is 624 g/mol. The van der Waals surface area contributed by atoms with Gasteiger partial charge >= 0.3 is 0 Å². The van der Waals surface area contributed by atoms with Gasteiger partial charge in [-0.3, -0.25) is 0 Å². The lowest BCUT2D eigenvalue weighted by atomic mass is 9.74. The van der Waals surface area contributed by atoms with Crippen molar-refractivity contribution in [2.24, 2.45) is 5.92 Å². The van der Waals surface area contributed by atoms with E-state index in [9.17, 15) is 0 Å². The van der Waals surface area contributed by atoms with E-state index in [2.05, 4.69) is 184 Å². The average Bonchev–Trinajstić information content (AvgIpc) is 3.39. The summed E-state index contributed by atoms with van der Waals surface area (Å²) >= 11 is 0. The SMILES string of the molecule is CC1(C)c2ccccc2-c2ccc(-c3ccc(-c4ccc(-c5cc6c(c7ccccc57)C5C=CC=CC5C=C6)cc4)c4ccccc34)cc21. The van der Waals surface area contributed by atoms with E-state index in [1.165, 1.54) is 88.3 Å². The Morgan fingerprint density at radius 2 is 0.980 bits per heavy atom.